The molecule has 1 aromatic carbocycles. The fourth-order valence-electron chi connectivity index (χ4n) is 2.16. The summed E-state index contributed by atoms with van der Waals surface area (Å²) in [5.41, 5.74) is 3.02. The molecule has 0 aliphatic rings. The summed E-state index contributed by atoms with van der Waals surface area (Å²) in [6.07, 6.45) is -0.211. The minimum atomic E-state index is -0.211. The van der Waals surface area contributed by atoms with E-state index in [2.05, 4.69) is 15.3 Å². The summed E-state index contributed by atoms with van der Waals surface area (Å²) >= 11 is 0. The smallest absolute Gasteiger partial charge is 0.162 e. The average molecular weight is 271 g/mol. The van der Waals surface area contributed by atoms with Gasteiger partial charge in [-0.05, 0) is 32.5 Å². The fraction of sp³-hybridized carbons (Fsp3) is 0.375. The maximum absolute atomic E-state index is 5.86. The quantitative estimate of drug-likeness (QED) is 0.877. The van der Waals surface area contributed by atoms with Crippen LogP contribution in [0.3, 0.4) is 0 Å². The molecular formula is C16H21N3O. The number of hydrogen-bond acceptors (Lipinski definition) is 4. The zero-order valence-corrected chi connectivity index (χ0v) is 12.3. The zero-order valence-electron chi connectivity index (χ0n) is 12.3. The Kier molecular flexibility index (Phi) is 5.21. The Morgan fingerprint density at radius 3 is 2.60 bits per heavy atom. The number of ether oxygens (including phenoxy) is 1. The lowest BCUT2D eigenvalue weighted by Crippen LogP contribution is -2.15. The van der Waals surface area contributed by atoms with Gasteiger partial charge in [0.2, 0.25) is 0 Å². The Labute approximate surface area is 120 Å². The summed E-state index contributed by atoms with van der Waals surface area (Å²) in [7, 11) is 1.91. The molecule has 0 saturated carbocycles. The van der Waals surface area contributed by atoms with E-state index < -0.39 is 0 Å². The molecule has 1 heterocycles. The highest BCUT2D eigenvalue weighted by Crippen LogP contribution is 2.23. The summed E-state index contributed by atoms with van der Waals surface area (Å²) in [4.78, 5) is 9.17. The summed E-state index contributed by atoms with van der Waals surface area (Å²) < 4.78 is 5.86. The van der Waals surface area contributed by atoms with Crippen molar-refractivity contribution in [3.8, 4) is 0 Å². The third-order valence-corrected chi connectivity index (χ3v) is 2.95. The van der Waals surface area contributed by atoms with E-state index in [0.29, 0.717) is 6.61 Å². The van der Waals surface area contributed by atoms with E-state index in [1.807, 2.05) is 57.3 Å². The van der Waals surface area contributed by atoms with Crippen molar-refractivity contribution in [1.82, 2.24) is 15.3 Å². The molecule has 1 N–H and O–H groups in total. The van der Waals surface area contributed by atoms with Gasteiger partial charge in [-0.15, -0.1) is 0 Å². The Morgan fingerprint density at radius 2 is 1.95 bits per heavy atom. The predicted molar refractivity (Wildman–Crippen MR) is 79.4 cm³/mol. The molecule has 0 amide bonds. The Bertz CT molecular complexity index is 543. The van der Waals surface area contributed by atoms with Crippen LogP contribution in [-0.4, -0.2) is 23.6 Å². The number of aromatic nitrogens is 2. The normalized spacial score (nSPS) is 12.3. The number of rotatable bonds is 6. The molecule has 4 nitrogen and oxygen atoms in total. The molecule has 0 radical (unpaired) electrons. The molecule has 0 aliphatic carbocycles. The van der Waals surface area contributed by atoms with E-state index in [9.17, 15) is 0 Å². The van der Waals surface area contributed by atoms with Crippen molar-refractivity contribution in [3.05, 3.63) is 59.2 Å². The lowest BCUT2D eigenvalue weighted by molar-refractivity contribution is 0.0848. The number of nitrogens with zero attached hydrogens (tertiary/aromatic N) is 2. The van der Waals surface area contributed by atoms with Crippen LogP contribution in [0.5, 0.6) is 0 Å². The van der Waals surface area contributed by atoms with Crippen molar-refractivity contribution in [2.45, 2.75) is 26.5 Å². The standard InChI is InChI=1S/C16H21N3O/c1-4-20-15(13-8-6-5-7-9-13)16-18-12(2)10-14(19-16)11-17-3/h5-10,15,17H,4,11H2,1-3H3. The SMILES string of the molecule is CCOC(c1ccccc1)c1nc(C)cc(CNC)n1. The van der Waals surface area contributed by atoms with Crippen LogP contribution in [0.1, 0.15) is 35.8 Å². The fourth-order valence-corrected chi connectivity index (χ4v) is 2.16. The third kappa shape index (κ3) is 3.62. The Hall–Kier alpha value is -1.78. The maximum Gasteiger partial charge on any atom is 0.162 e. The first-order valence-corrected chi connectivity index (χ1v) is 6.90. The number of benzene rings is 1. The lowest BCUT2D eigenvalue weighted by Gasteiger charge is -2.17. The molecule has 20 heavy (non-hydrogen) atoms. The van der Waals surface area contributed by atoms with Crippen molar-refractivity contribution in [2.24, 2.45) is 0 Å². The Morgan fingerprint density at radius 1 is 1.20 bits per heavy atom. The van der Waals surface area contributed by atoms with Gasteiger partial charge in [0.1, 0.15) is 6.10 Å². The molecule has 1 atom stereocenters. The van der Waals surface area contributed by atoms with Gasteiger partial charge in [0.05, 0.1) is 5.69 Å². The van der Waals surface area contributed by atoms with E-state index in [4.69, 9.17) is 4.74 Å². The van der Waals surface area contributed by atoms with Gasteiger partial charge in [-0.2, -0.15) is 0 Å². The summed E-state index contributed by atoms with van der Waals surface area (Å²) in [6, 6.07) is 12.1. The number of aryl methyl sites for hydroxylation is 1. The minimum Gasteiger partial charge on any atom is -0.366 e. The zero-order chi connectivity index (χ0) is 14.4. The van der Waals surface area contributed by atoms with Gasteiger partial charge in [-0.25, -0.2) is 9.97 Å². The summed E-state index contributed by atoms with van der Waals surface area (Å²) in [6.45, 7) is 5.32. The summed E-state index contributed by atoms with van der Waals surface area (Å²) in [5, 5.41) is 3.12. The molecular weight excluding hydrogens is 250 g/mol. The second-order valence-electron chi connectivity index (χ2n) is 4.64. The topological polar surface area (TPSA) is 47.0 Å². The molecule has 1 unspecified atom stereocenters. The van der Waals surface area contributed by atoms with Crippen LogP contribution in [-0.2, 0) is 11.3 Å². The second-order valence-corrected chi connectivity index (χ2v) is 4.64. The van der Waals surface area contributed by atoms with Gasteiger partial charge in [-0.3, -0.25) is 0 Å². The first-order chi connectivity index (χ1) is 9.74. The molecule has 0 fully saturated rings. The van der Waals surface area contributed by atoms with Crippen LogP contribution in [0.4, 0.5) is 0 Å². The molecule has 0 saturated heterocycles. The third-order valence-electron chi connectivity index (χ3n) is 2.95. The number of nitrogens with one attached hydrogen (secondary N) is 1. The van der Waals surface area contributed by atoms with E-state index in [0.717, 1.165) is 29.3 Å². The van der Waals surface area contributed by atoms with E-state index in [-0.39, 0.29) is 6.10 Å². The van der Waals surface area contributed by atoms with E-state index in [1.165, 1.54) is 0 Å². The monoisotopic (exact) mass is 271 g/mol. The molecule has 4 heteroatoms. The highest BCUT2D eigenvalue weighted by Gasteiger charge is 2.18. The van der Waals surface area contributed by atoms with Crippen LogP contribution in [0.2, 0.25) is 0 Å². The highest BCUT2D eigenvalue weighted by atomic mass is 16.5. The van der Waals surface area contributed by atoms with Crippen LogP contribution in [0.15, 0.2) is 36.4 Å². The van der Waals surface area contributed by atoms with Crippen molar-refractivity contribution < 1.29 is 4.74 Å². The molecule has 0 aliphatic heterocycles. The molecule has 106 valence electrons. The van der Waals surface area contributed by atoms with Gasteiger partial charge < -0.3 is 10.1 Å². The van der Waals surface area contributed by atoms with Crippen molar-refractivity contribution in [2.75, 3.05) is 13.7 Å². The summed E-state index contributed by atoms with van der Waals surface area (Å²) in [5.74, 6) is 0.725. The van der Waals surface area contributed by atoms with Gasteiger partial charge >= 0.3 is 0 Å². The Balaban J connectivity index is 2.38. The van der Waals surface area contributed by atoms with Crippen LogP contribution < -0.4 is 5.32 Å². The molecule has 2 rings (SSSR count). The van der Waals surface area contributed by atoms with E-state index >= 15 is 0 Å². The highest BCUT2D eigenvalue weighted by molar-refractivity contribution is 5.24. The minimum absolute atomic E-state index is 0.211. The second kappa shape index (κ2) is 7.12. The molecule has 1 aromatic heterocycles. The van der Waals surface area contributed by atoms with Crippen molar-refractivity contribution in [3.63, 3.8) is 0 Å². The maximum atomic E-state index is 5.86. The largest absolute Gasteiger partial charge is 0.366 e. The van der Waals surface area contributed by atoms with Crippen molar-refractivity contribution in [1.29, 1.82) is 0 Å². The predicted octanol–water partition coefficient (Wildman–Crippen LogP) is 2.63. The van der Waals surface area contributed by atoms with Gasteiger partial charge in [-0.1, -0.05) is 30.3 Å². The van der Waals surface area contributed by atoms with Gasteiger partial charge in [0, 0.05) is 18.8 Å². The molecule has 2 aromatic rings. The van der Waals surface area contributed by atoms with Crippen LogP contribution >= 0.6 is 0 Å². The van der Waals surface area contributed by atoms with Crippen LogP contribution in [0, 0.1) is 6.92 Å². The van der Waals surface area contributed by atoms with Gasteiger partial charge in [0.25, 0.3) is 0 Å². The molecule has 0 spiro atoms. The van der Waals surface area contributed by atoms with Gasteiger partial charge in [0.15, 0.2) is 5.82 Å². The van der Waals surface area contributed by atoms with Crippen LogP contribution in [0.25, 0.3) is 0 Å². The average Bonchev–Trinajstić information content (AvgIpc) is 2.45. The first-order valence-electron chi connectivity index (χ1n) is 6.90. The van der Waals surface area contributed by atoms with Crippen molar-refractivity contribution >= 4 is 0 Å². The number of hydrogen-bond donors (Lipinski definition) is 1. The van der Waals surface area contributed by atoms with E-state index in [1.54, 1.807) is 0 Å². The lowest BCUT2D eigenvalue weighted by atomic mass is 10.1. The molecule has 0 bridgehead atoms. The first kappa shape index (κ1) is 14.6.